The number of hydrogen-bond acceptors (Lipinski definition) is 10. The number of hydrogen-bond donors (Lipinski definition) is 7. The van der Waals surface area contributed by atoms with Gasteiger partial charge in [-0.05, 0) is 36.1 Å². The molecule has 51 heavy (non-hydrogen) atoms. The molecule has 18 heteroatoms. The number of benzene rings is 2. The van der Waals surface area contributed by atoms with Gasteiger partial charge in [-0.2, -0.15) is 0 Å². The lowest BCUT2D eigenvalue weighted by molar-refractivity contribution is -0.141. The summed E-state index contributed by atoms with van der Waals surface area (Å²) in [5, 5.41) is 37.8. The second-order valence-corrected chi connectivity index (χ2v) is 13.3. The van der Waals surface area contributed by atoms with Crippen LogP contribution in [0.5, 0.6) is 0 Å². The lowest BCUT2D eigenvalue weighted by Gasteiger charge is -2.27. The fourth-order valence-corrected chi connectivity index (χ4v) is 5.49. The molecule has 276 valence electrons. The van der Waals surface area contributed by atoms with Crippen molar-refractivity contribution < 1.29 is 62.0 Å². The molecule has 2 aromatic rings. The summed E-state index contributed by atoms with van der Waals surface area (Å²) in [7, 11) is -4.01. The first-order valence-electron chi connectivity index (χ1n) is 15.5. The van der Waals surface area contributed by atoms with E-state index in [0.717, 1.165) is 11.5 Å². The summed E-state index contributed by atoms with van der Waals surface area (Å²) in [5.41, 5.74) is 0.601. The Kier molecular flexibility index (Phi) is 16.3. The highest BCUT2D eigenvalue weighted by Gasteiger charge is 2.33. The molecule has 0 spiro atoms. The minimum absolute atomic E-state index is 0.0757. The van der Waals surface area contributed by atoms with E-state index in [2.05, 4.69) is 21.3 Å². The number of amides is 4. The molecule has 0 aliphatic heterocycles. The van der Waals surface area contributed by atoms with E-state index in [0.29, 0.717) is 5.56 Å². The van der Waals surface area contributed by atoms with Gasteiger partial charge in [-0.3, -0.25) is 28.8 Å². The largest absolute Gasteiger partial charge is 0.481 e. The van der Waals surface area contributed by atoms with Crippen molar-refractivity contribution in [1.82, 2.24) is 21.3 Å². The van der Waals surface area contributed by atoms with E-state index < -0.39 is 107 Å². The van der Waals surface area contributed by atoms with E-state index in [9.17, 15) is 57.3 Å². The van der Waals surface area contributed by atoms with Crippen molar-refractivity contribution in [3.63, 3.8) is 0 Å². The average molecular weight is 733 g/mol. The predicted molar refractivity (Wildman–Crippen MR) is 178 cm³/mol. The molecule has 4 atom stereocenters. The Morgan fingerprint density at radius 3 is 1.82 bits per heavy atom. The van der Waals surface area contributed by atoms with E-state index in [1.165, 1.54) is 38.1 Å². The molecule has 2 rings (SSSR count). The summed E-state index contributed by atoms with van der Waals surface area (Å²) in [6, 6.07) is 9.51. The average Bonchev–Trinajstić information content (AvgIpc) is 3.06. The second-order valence-electron chi connectivity index (χ2n) is 11.5. The van der Waals surface area contributed by atoms with Gasteiger partial charge in [0.2, 0.25) is 17.7 Å². The van der Waals surface area contributed by atoms with Crippen molar-refractivity contribution in [2.45, 2.75) is 75.2 Å². The van der Waals surface area contributed by atoms with Gasteiger partial charge < -0.3 is 41.3 Å². The van der Waals surface area contributed by atoms with Crippen LogP contribution >= 0.6 is 0 Å². The second kappa shape index (κ2) is 20.0. The minimum atomic E-state index is -4.01. The molecule has 7 N–H and O–H groups in total. The molecule has 2 aromatic carbocycles. The first-order chi connectivity index (χ1) is 24.0. The molecule has 0 unspecified atom stereocenters. The normalized spacial score (nSPS) is 13.6. The lowest BCUT2D eigenvalue weighted by Crippen LogP contribution is -2.58. The summed E-state index contributed by atoms with van der Waals surface area (Å²) in [4.78, 5) is 86.5. The smallest absolute Gasteiger partial charge is 0.408 e. The van der Waals surface area contributed by atoms with Gasteiger partial charge >= 0.3 is 24.0 Å². The van der Waals surface area contributed by atoms with Gasteiger partial charge in [-0.25, -0.2) is 13.2 Å². The van der Waals surface area contributed by atoms with Crippen LogP contribution in [-0.2, 0) is 49.9 Å². The molecule has 0 radical (unpaired) electrons. The monoisotopic (exact) mass is 732 g/mol. The maximum atomic E-state index is 13.4. The maximum absolute atomic E-state index is 13.4. The molecule has 0 bridgehead atoms. The number of ether oxygens (including phenoxy) is 1. The van der Waals surface area contributed by atoms with Crippen LogP contribution in [0.4, 0.5) is 4.79 Å². The fraction of sp³-hybridized carbons (Fsp3) is 0.364. The van der Waals surface area contributed by atoms with Crippen LogP contribution < -0.4 is 21.3 Å². The van der Waals surface area contributed by atoms with Gasteiger partial charge in [-0.15, -0.1) is 0 Å². The molecule has 17 nitrogen and oxygen atoms in total. The third kappa shape index (κ3) is 15.1. The van der Waals surface area contributed by atoms with Crippen LogP contribution in [0.2, 0.25) is 0 Å². The Labute approximate surface area is 293 Å². The molecule has 0 aliphatic carbocycles. The van der Waals surface area contributed by atoms with Crippen LogP contribution in [0, 0.1) is 5.92 Å². The van der Waals surface area contributed by atoms with E-state index >= 15 is 0 Å². The van der Waals surface area contributed by atoms with E-state index in [4.69, 9.17) is 4.74 Å². The lowest BCUT2D eigenvalue weighted by atomic mass is 10.0. The highest BCUT2D eigenvalue weighted by atomic mass is 32.2. The van der Waals surface area contributed by atoms with E-state index in [-0.39, 0.29) is 11.5 Å². The molecule has 0 heterocycles. The molecular weight excluding hydrogens is 692 g/mol. The molecule has 0 saturated heterocycles. The molecule has 0 fully saturated rings. The first-order valence-corrected chi connectivity index (χ1v) is 17.0. The number of alkyl carbamates (subject to hydrolysis) is 1. The van der Waals surface area contributed by atoms with Gasteiger partial charge in [0, 0.05) is 11.8 Å². The topological polar surface area (TPSA) is 272 Å². The Morgan fingerprint density at radius 2 is 1.27 bits per heavy atom. The third-order valence-electron chi connectivity index (χ3n) is 7.01. The van der Waals surface area contributed by atoms with Gasteiger partial charge in [-0.1, -0.05) is 62.4 Å². The number of sulfone groups is 1. The number of carbonyl (C=O) groups excluding carboxylic acids is 4. The zero-order valence-electron chi connectivity index (χ0n) is 27.7. The summed E-state index contributed by atoms with van der Waals surface area (Å²) in [5.74, 6) is -8.05. The third-order valence-corrected chi connectivity index (χ3v) is 8.46. The number of carbonyl (C=O) groups is 7. The Morgan fingerprint density at radius 1 is 0.706 bits per heavy atom. The maximum Gasteiger partial charge on any atom is 0.408 e. The number of nitrogens with one attached hydrogen (secondary N) is 4. The minimum Gasteiger partial charge on any atom is -0.481 e. The van der Waals surface area contributed by atoms with Gasteiger partial charge in [0.15, 0.2) is 9.84 Å². The van der Waals surface area contributed by atoms with Crippen LogP contribution in [0.1, 0.15) is 45.1 Å². The summed E-state index contributed by atoms with van der Waals surface area (Å²) >= 11 is 0. The molecule has 0 saturated carbocycles. The first kappa shape index (κ1) is 41.4. The van der Waals surface area contributed by atoms with Gasteiger partial charge in [0.1, 0.15) is 24.7 Å². The van der Waals surface area contributed by atoms with Crippen molar-refractivity contribution in [2.24, 2.45) is 5.92 Å². The van der Waals surface area contributed by atoms with Gasteiger partial charge in [0.05, 0.1) is 23.8 Å². The summed E-state index contributed by atoms with van der Waals surface area (Å²) in [6.07, 6.45) is -2.99. The quantitative estimate of drug-likeness (QED) is 0.101. The Hall–Kier alpha value is -5.78. The van der Waals surface area contributed by atoms with Crippen molar-refractivity contribution >= 4 is 51.6 Å². The predicted octanol–water partition coefficient (Wildman–Crippen LogP) is 1.19. The highest BCUT2D eigenvalue weighted by molar-refractivity contribution is 7.94. The van der Waals surface area contributed by atoms with E-state index in [1.54, 1.807) is 36.4 Å². The zero-order chi connectivity index (χ0) is 38.1. The molecular formula is C33H40N4O13S. The number of aliphatic carboxylic acids is 3. The number of carboxylic acids is 3. The highest BCUT2D eigenvalue weighted by Crippen LogP contribution is 2.13. The zero-order valence-corrected chi connectivity index (χ0v) is 28.5. The molecule has 4 amide bonds. The summed E-state index contributed by atoms with van der Waals surface area (Å²) in [6.45, 7) is 2.83. The van der Waals surface area contributed by atoms with Crippen molar-refractivity contribution in [1.29, 1.82) is 0 Å². The van der Waals surface area contributed by atoms with E-state index in [1.807, 2.05) is 0 Å². The van der Waals surface area contributed by atoms with Crippen molar-refractivity contribution in [3.8, 4) is 0 Å². The number of rotatable bonds is 20. The van der Waals surface area contributed by atoms with Crippen LogP contribution in [-0.4, -0.2) is 89.6 Å². The van der Waals surface area contributed by atoms with Crippen LogP contribution in [0.15, 0.2) is 77.0 Å². The summed E-state index contributed by atoms with van der Waals surface area (Å²) < 4.78 is 30.4. The Balaban J connectivity index is 2.22. The standard InChI is InChI=1S/C33H40N4O13S/c1-20(2)29(32(46)34-22(17-27(40)41)15-16-51(48,49)23-11-7-4-8-12-23)37-30(44)24(13-14-26(38)39)35-31(45)25(18-28(42)43)36-33(47)50-19-21-9-5-3-6-10-21/h3-12,15-16,20,22,24-25,29H,13-14,17-19H2,1-2H3,(H,34,46)(H,35,45)(H,36,47)(H,37,44)(H,38,39)(H,40,41)(H,42,43)/b16-15+/t22-,24+,25+,29+/m1/s1. The van der Waals surface area contributed by atoms with Crippen molar-refractivity contribution in [2.75, 3.05) is 0 Å². The van der Waals surface area contributed by atoms with Gasteiger partial charge in [0.25, 0.3) is 0 Å². The fourth-order valence-electron chi connectivity index (χ4n) is 4.40. The van der Waals surface area contributed by atoms with Crippen LogP contribution in [0.25, 0.3) is 0 Å². The van der Waals surface area contributed by atoms with Crippen LogP contribution in [0.3, 0.4) is 0 Å². The Bertz CT molecular complexity index is 1680. The molecule has 0 aliphatic rings. The molecule has 0 aromatic heterocycles. The van der Waals surface area contributed by atoms with Crippen molar-refractivity contribution in [3.05, 3.63) is 77.7 Å². The SMILES string of the molecule is CC(C)[C@H](NC(=O)[C@H](CCC(=O)O)NC(=O)[C@H](CC(=O)O)NC(=O)OCc1ccccc1)C(=O)N[C@H](/C=C/S(=O)(=O)c1ccccc1)CC(=O)O. The number of carboxylic acid groups (broad SMARTS) is 3.